The molecule has 0 bridgehead atoms. The van der Waals surface area contributed by atoms with Crippen LogP contribution in [-0.2, 0) is 0 Å². The molecule has 0 aliphatic heterocycles. The van der Waals surface area contributed by atoms with Crippen LogP contribution in [0.3, 0.4) is 0 Å². The number of nitrogens with one attached hydrogen (secondary N) is 1. The highest BCUT2D eigenvalue weighted by Gasteiger charge is 2.25. The first-order valence-corrected chi connectivity index (χ1v) is 8.10. The Balaban J connectivity index is 1.95. The first-order valence-electron chi connectivity index (χ1n) is 8.10. The maximum absolute atomic E-state index is 6.12. The third-order valence-electron chi connectivity index (χ3n) is 4.41. The molecule has 112 valence electrons. The molecule has 1 aliphatic rings. The standard InChI is InChI=1S/C17H28N2O/c1-4-14-8-6-7-9-16(14)20-17-11-10-15(12-19-17)13(3)18-5-2/h10-14,16,18H,4-9H2,1-3H3. The van der Waals surface area contributed by atoms with Crippen LogP contribution in [-0.4, -0.2) is 17.6 Å². The molecule has 1 saturated carbocycles. The number of pyridine rings is 1. The first kappa shape index (κ1) is 15.3. The molecule has 1 aromatic heterocycles. The third-order valence-corrected chi connectivity index (χ3v) is 4.41. The summed E-state index contributed by atoms with van der Waals surface area (Å²) in [5, 5.41) is 3.40. The number of hydrogen-bond donors (Lipinski definition) is 1. The third kappa shape index (κ3) is 3.95. The second kappa shape index (κ2) is 7.63. The Hall–Kier alpha value is -1.09. The molecule has 3 unspecified atom stereocenters. The van der Waals surface area contributed by atoms with Crippen LogP contribution < -0.4 is 10.1 Å². The normalized spacial score (nSPS) is 24.4. The minimum atomic E-state index is 0.347. The lowest BCUT2D eigenvalue weighted by atomic mass is 9.85. The van der Waals surface area contributed by atoms with Crippen LogP contribution in [0.1, 0.15) is 64.5 Å². The maximum atomic E-state index is 6.12. The molecule has 1 N–H and O–H groups in total. The predicted octanol–water partition coefficient (Wildman–Crippen LogP) is 4.10. The van der Waals surface area contributed by atoms with E-state index in [2.05, 4.69) is 37.1 Å². The zero-order valence-electron chi connectivity index (χ0n) is 13.1. The van der Waals surface area contributed by atoms with Crippen molar-refractivity contribution < 1.29 is 4.74 Å². The summed E-state index contributed by atoms with van der Waals surface area (Å²) in [5.41, 5.74) is 1.22. The molecule has 0 amide bonds. The van der Waals surface area contributed by atoms with E-state index >= 15 is 0 Å². The van der Waals surface area contributed by atoms with Crippen molar-refractivity contribution in [2.45, 2.75) is 65.0 Å². The van der Waals surface area contributed by atoms with Crippen molar-refractivity contribution in [3.63, 3.8) is 0 Å². The molecule has 1 aliphatic carbocycles. The summed E-state index contributed by atoms with van der Waals surface area (Å²) in [6.45, 7) is 7.52. The molecule has 1 fully saturated rings. The van der Waals surface area contributed by atoms with E-state index in [0.29, 0.717) is 18.1 Å². The highest BCUT2D eigenvalue weighted by atomic mass is 16.5. The van der Waals surface area contributed by atoms with Crippen LogP contribution in [0.25, 0.3) is 0 Å². The van der Waals surface area contributed by atoms with Gasteiger partial charge in [-0.15, -0.1) is 0 Å². The summed E-state index contributed by atoms with van der Waals surface area (Å²) in [7, 11) is 0. The Morgan fingerprint density at radius 3 is 2.75 bits per heavy atom. The highest BCUT2D eigenvalue weighted by molar-refractivity contribution is 5.20. The molecule has 3 atom stereocenters. The fourth-order valence-corrected chi connectivity index (χ4v) is 3.09. The summed E-state index contributed by atoms with van der Waals surface area (Å²) >= 11 is 0. The quantitative estimate of drug-likeness (QED) is 0.849. The average Bonchev–Trinajstić information content (AvgIpc) is 2.49. The van der Waals surface area contributed by atoms with Crippen LogP contribution in [0.5, 0.6) is 5.88 Å². The van der Waals surface area contributed by atoms with Crippen LogP contribution in [0.4, 0.5) is 0 Å². The smallest absolute Gasteiger partial charge is 0.213 e. The monoisotopic (exact) mass is 276 g/mol. The number of aromatic nitrogens is 1. The van der Waals surface area contributed by atoms with Gasteiger partial charge in [0, 0.05) is 18.3 Å². The number of nitrogens with zero attached hydrogens (tertiary/aromatic N) is 1. The zero-order valence-corrected chi connectivity index (χ0v) is 13.1. The van der Waals surface area contributed by atoms with E-state index in [9.17, 15) is 0 Å². The second-order valence-electron chi connectivity index (χ2n) is 5.82. The van der Waals surface area contributed by atoms with Gasteiger partial charge in [0.25, 0.3) is 0 Å². The summed E-state index contributed by atoms with van der Waals surface area (Å²) in [6, 6.07) is 4.49. The van der Waals surface area contributed by atoms with Crippen molar-refractivity contribution in [3.8, 4) is 5.88 Å². The molecule has 20 heavy (non-hydrogen) atoms. The lowest BCUT2D eigenvalue weighted by molar-refractivity contribution is 0.0858. The largest absolute Gasteiger partial charge is 0.474 e. The number of hydrogen-bond acceptors (Lipinski definition) is 3. The van der Waals surface area contributed by atoms with Crippen molar-refractivity contribution in [2.24, 2.45) is 5.92 Å². The molecule has 0 aromatic carbocycles. The van der Waals surface area contributed by atoms with Crippen molar-refractivity contribution >= 4 is 0 Å². The summed E-state index contributed by atoms with van der Waals surface area (Å²) < 4.78 is 6.12. The lowest BCUT2D eigenvalue weighted by Gasteiger charge is -2.30. The van der Waals surface area contributed by atoms with Crippen molar-refractivity contribution in [1.82, 2.24) is 10.3 Å². The van der Waals surface area contributed by atoms with E-state index in [1.165, 1.54) is 37.7 Å². The van der Waals surface area contributed by atoms with Gasteiger partial charge in [-0.25, -0.2) is 4.98 Å². The fourth-order valence-electron chi connectivity index (χ4n) is 3.09. The Labute approximate surface area is 123 Å². The first-order chi connectivity index (χ1) is 9.74. The van der Waals surface area contributed by atoms with Gasteiger partial charge < -0.3 is 10.1 Å². The fraction of sp³-hybridized carbons (Fsp3) is 0.706. The van der Waals surface area contributed by atoms with Crippen LogP contribution in [0.15, 0.2) is 18.3 Å². The molecular formula is C17H28N2O. The van der Waals surface area contributed by atoms with Crippen molar-refractivity contribution in [1.29, 1.82) is 0 Å². The molecule has 0 saturated heterocycles. The molecule has 1 heterocycles. The molecule has 0 radical (unpaired) electrons. The second-order valence-corrected chi connectivity index (χ2v) is 5.82. The average molecular weight is 276 g/mol. The van der Waals surface area contributed by atoms with Gasteiger partial charge in [0.05, 0.1) is 0 Å². The van der Waals surface area contributed by atoms with E-state index in [4.69, 9.17) is 4.74 Å². The topological polar surface area (TPSA) is 34.1 Å². The summed E-state index contributed by atoms with van der Waals surface area (Å²) in [6.07, 6.45) is 8.62. The molecular weight excluding hydrogens is 248 g/mol. The molecule has 3 nitrogen and oxygen atoms in total. The van der Waals surface area contributed by atoms with E-state index in [1.807, 2.05) is 12.3 Å². The van der Waals surface area contributed by atoms with Crippen molar-refractivity contribution in [2.75, 3.05) is 6.54 Å². The van der Waals surface area contributed by atoms with E-state index in [0.717, 1.165) is 12.4 Å². The van der Waals surface area contributed by atoms with Gasteiger partial charge in [0.1, 0.15) is 6.10 Å². The van der Waals surface area contributed by atoms with Gasteiger partial charge in [-0.2, -0.15) is 0 Å². The zero-order chi connectivity index (χ0) is 14.4. The van der Waals surface area contributed by atoms with E-state index in [-0.39, 0.29) is 0 Å². The number of ether oxygens (including phenoxy) is 1. The highest BCUT2D eigenvalue weighted by Crippen LogP contribution is 2.30. The van der Waals surface area contributed by atoms with Gasteiger partial charge >= 0.3 is 0 Å². The van der Waals surface area contributed by atoms with E-state index in [1.54, 1.807) is 0 Å². The minimum Gasteiger partial charge on any atom is -0.474 e. The molecule has 0 spiro atoms. The number of rotatable bonds is 6. The molecule has 3 heteroatoms. The minimum absolute atomic E-state index is 0.347. The maximum Gasteiger partial charge on any atom is 0.213 e. The Morgan fingerprint density at radius 1 is 1.30 bits per heavy atom. The van der Waals surface area contributed by atoms with Gasteiger partial charge in [0.15, 0.2) is 0 Å². The van der Waals surface area contributed by atoms with Gasteiger partial charge in [-0.1, -0.05) is 26.3 Å². The van der Waals surface area contributed by atoms with E-state index < -0.39 is 0 Å². The van der Waals surface area contributed by atoms with Crippen LogP contribution in [0, 0.1) is 5.92 Å². The Bertz CT molecular complexity index is 390. The van der Waals surface area contributed by atoms with Gasteiger partial charge in [-0.3, -0.25) is 0 Å². The Morgan fingerprint density at radius 2 is 2.10 bits per heavy atom. The molecule has 1 aromatic rings. The summed E-state index contributed by atoms with van der Waals surface area (Å²) in [5.74, 6) is 1.48. The Kier molecular flexibility index (Phi) is 5.84. The SMILES string of the molecule is CCNC(C)c1ccc(OC2CCCCC2CC)nc1. The van der Waals surface area contributed by atoms with Gasteiger partial charge in [0.2, 0.25) is 5.88 Å². The molecule has 2 rings (SSSR count). The van der Waals surface area contributed by atoms with Crippen molar-refractivity contribution in [3.05, 3.63) is 23.9 Å². The van der Waals surface area contributed by atoms with Crippen LogP contribution >= 0.6 is 0 Å². The predicted molar refractivity (Wildman–Crippen MR) is 83.0 cm³/mol. The van der Waals surface area contributed by atoms with Crippen LogP contribution in [0.2, 0.25) is 0 Å². The summed E-state index contributed by atoms with van der Waals surface area (Å²) in [4.78, 5) is 4.48. The lowest BCUT2D eigenvalue weighted by Crippen LogP contribution is -2.30. The van der Waals surface area contributed by atoms with Gasteiger partial charge in [-0.05, 0) is 50.6 Å².